The van der Waals surface area contributed by atoms with Crippen LogP contribution >= 0.6 is 11.8 Å². The van der Waals surface area contributed by atoms with Crippen LogP contribution in [0.3, 0.4) is 0 Å². The highest BCUT2D eigenvalue weighted by molar-refractivity contribution is 8.00. The molecule has 0 aromatic rings. The van der Waals surface area contributed by atoms with Gasteiger partial charge in [-0.15, -0.1) is 0 Å². The summed E-state index contributed by atoms with van der Waals surface area (Å²) in [7, 11) is 0. The largest absolute Gasteiger partial charge is 0.285 e. The number of rotatable bonds is 6. The minimum absolute atomic E-state index is 0.0549. The van der Waals surface area contributed by atoms with Gasteiger partial charge in [-0.3, -0.25) is 0 Å². The van der Waals surface area contributed by atoms with Gasteiger partial charge in [0.15, 0.2) is 0 Å². The van der Waals surface area contributed by atoms with Crippen molar-refractivity contribution in [1.82, 2.24) is 0 Å². The normalized spacial score (nSPS) is 36.7. The van der Waals surface area contributed by atoms with Gasteiger partial charge in [-0.25, -0.2) is 0 Å². The van der Waals surface area contributed by atoms with Crippen molar-refractivity contribution in [3.05, 3.63) is 0 Å². The molecule has 0 aliphatic heterocycles. The van der Waals surface area contributed by atoms with Crippen LogP contribution in [0.15, 0.2) is 0 Å². The van der Waals surface area contributed by atoms with E-state index in [9.17, 15) is 8.78 Å². The lowest BCUT2D eigenvalue weighted by Gasteiger charge is -2.53. The second kappa shape index (κ2) is 5.46. The SMILES string of the molecule is CCCCCC12CCC(SC(F)F)(CC1)CC2. The smallest absolute Gasteiger partial charge is 0.198 e. The van der Waals surface area contributed by atoms with Gasteiger partial charge in [0.2, 0.25) is 0 Å². The number of halogens is 2. The molecular formula is C14H24F2S. The second-order valence-corrected chi connectivity index (χ2v) is 7.48. The highest BCUT2D eigenvalue weighted by atomic mass is 32.2. The average Bonchev–Trinajstić information content (AvgIpc) is 2.31. The van der Waals surface area contributed by atoms with Gasteiger partial charge in [0.1, 0.15) is 0 Å². The molecule has 100 valence electrons. The van der Waals surface area contributed by atoms with Gasteiger partial charge in [-0.05, 0) is 50.4 Å². The third-order valence-electron chi connectivity index (χ3n) is 4.98. The van der Waals surface area contributed by atoms with Crippen molar-refractivity contribution < 1.29 is 8.78 Å². The first kappa shape index (κ1) is 13.6. The van der Waals surface area contributed by atoms with Crippen LogP contribution < -0.4 is 0 Å². The van der Waals surface area contributed by atoms with Crippen LogP contribution in [-0.4, -0.2) is 10.5 Å². The summed E-state index contributed by atoms with van der Waals surface area (Å²) in [5, 5.41) is 0. The van der Waals surface area contributed by atoms with Gasteiger partial charge < -0.3 is 0 Å². The molecule has 0 unspecified atom stereocenters. The molecule has 3 rings (SSSR count). The minimum atomic E-state index is -2.18. The van der Waals surface area contributed by atoms with Crippen LogP contribution in [-0.2, 0) is 0 Å². The standard InChI is InChI=1S/C14H24F2S/c1-2-3-4-5-13-6-9-14(10-7-13,11-8-13)17-12(15)16/h12H,2-11H2,1H3. The molecule has 3 saturated carbocycles. The molecule has 0 N–H and O–H groups in total. The monoisotopic (exact) mass is 262 g/mol. The Labute approximate surface area is 108 Å². The van der Waals surface area contributed by atoms with Gasteiger partial charge in [-0.1, -0.05) is 37.9 Å². The molecule has 0 heterocycles. The van der Waals surface area contributed by atoms with Crippen LogP contribution in [0.4, 0.5) is 8.78 Å². The van der Waals surface area contributed by atoms with Crippen molar-refractivity contribution in [2.24, 2.45) is 5.41 Å². The molecule has 0 radical (unpaired) electrons. The summed E-state index contributed by atoms with van der Waals surface area (Å²) in [6, 6.07) is 0. The van der Waals surface area contributed by atoms with Crippen molar-refractivity contribution in [3.63, 3.8) is 0 Å². The first-order valence-electron chi connectivity index (χ1n) is 7.06. The molecule has 3 fully saturated rings. The highest BCUT2D eigenvalue weighted by Gasteiger charge is 2.49. The first-order chi connectivity index (χ1) is 8.10. The van der Waals surface area contributed by atoms with E-state index in [2.05, 4.69) is 6.92 Å². The van der Waals surface area contributed by atoms with E-state index >= 15 is 0 Å². The predicted octanol–water partition coefficient (Wildman–Crippen LogP) is 5.62. The molecule has 0 spiro atoms. The highest BCUT2D eigenvalue weighted by Crippen LogP contribution is 2.60. The average molecular weight is 262 g/mol. The summed E-state index contributed by atoms with van der Waals surface area (Å²) in [5.41, 5.74) is 0.541. The van der Waals surface area contributed by atoms with Gasteiger partial charge >= 0.3 is 0 Å². The summed E-state index contributed by atoms with van der Waals surface area (Å²) in [6.45, 7) is 2.24. The van der Waals surface area contributed by atoms with Crippen molar-refractivity contribution in [1.29, 1.82) is 0 Å². The van der Waals surface area contributed by atoms with Crippen molar-refractivity contribution >= 4 is 11.8 Å². The Morgan fingerprint density at radius 3 is 2.06 bits per heavy atom. The van der Waals surface area contributed by atoms with E-state index in [1.54, 1.807) is 0 Å². The van der Waals surface area contributed by atoms with Crippen LogP contribution in [0.5, 0.6) is 0 Å². The van der Waals surface area contributed by atoms with Crippen LogP contribution in [0.2, 0.25) is 0 Å². The third-order valence-corrected chi connectivity index (χ3v) is 6.27. The molecular weight excluding hydrogens is 238 g/mol. The van der Waals surface area contributed by atoms with E-state index < -0.39 is 5.76 Å². The molecule has 0 aromatic carbocycles. The molecule has 0 amide bonds. The van der Waals surface area contributed by atoms with E-state index in [4.69, 9.17) is 0 Å². The Hall–Kier alpha value is 0.210. The maximum absolute atomic E-state index is 12.6. The maximum atomic E-state index is 12.6. The van der Waals surface area contributed by atoms with Gasteiger partial charge in [0.05, 0.1) is 0 Å². The Morgan fingerprint density at radius 2 is 1.59 bits per heavy atom. The molecule has 17 heavy (non-hydrogen) atoms. The van der Waals surface area contributed by atoms with E-state index in [-0.39, 0.29) is 4.75 Å². The molecule has 0 nitrogen and oxygen atoms in total. The number of unbranched alkanes of at least 4 members (excludes halogenated alkanes) is 2. The molecule has 0 saturated heterocycles. The van der Waals surface area contributed by atoms with Crippen LogP contribution in [0.25, 0.3) is 0 Å². The number of thioether (sulfide) groups is 1. The molecule has 3 aliphatic carbocycles. The zero-order valence-corrected chi connectivity index (χ0v) is 11.6. The lowest BCUT2D eigenvalue weighted by molar-refractivity contribution is 0.0686. The fourth-order valence-electron chi connectivity index (χ4n) is 3.72. The molecule has 3 heteroatoms. The number of alkyl halides is 2. The molecule has 3 aliphatic rings. The summed E-state index contributed by atoms with van der Waals surface area (Å²) >= 11 is 0.954. The number of fused-ring (bicyclic) bond motifs is 3. The Kier molecular flexibility index (Phi) is 4.38. The van der Waals surface area contributed by atoms with Gasteiger partial charge in [0, 0.05) is 4.75 Å². The zero-order chi connectivity index (χ0) is 12.4. The molecule has 2 bridgehead atoms. The quantitative estimate of drug-likeness (QED) is 0.560. The summed E-state index contributed by atoms with van der Waals surface area (Å²) in [6.07, 6.45) is 12.0. The maximum Gasteiger partial charge on any atom is 0.285 e. The molecule has 0 atom stereocenters. The third kappa shape index (κ3) is 3.15. The van der Waals surface area contributed by atoms with Crippen LogP contribution in [0.1, 0.15) is 71.1 Å². The summed E-state index contributed by atoms with van der Waals surface area (Å²) in [5.74, 6) is -2.18. The van der Waals surface area contributed by atoms with E-state index in [0.29, 0.717) is 5.41 Å². The Morgan fingerprint density at radius 1 is 1.00 bits per heavy atom. The fourth-order valence-corrected chi connectivity index (χ4v) is 4.76. The van der Waals surface area contributed by atoms with Crippen molar-refractivity contribution in [3.8, 4) is 0 Å². The van der Waals surface area contributed by atoms with E-state index in [1.165, 1.54) is 44.9 Å². The first-order valence-corrected chi connectivity index (χ1v) is 7.94. The Balaban J connectivity index is 1.86. The second-order valence-electron chi connectivity index (χ2n) is 6.02. The number of hydrogen-bond acceptors (Lipinski definition) is 1. The molecule has 0 aromatic heterocycles. The topological polar surface area (TPSA) is 0 Å². The van der Waals surface area contributed by atoms with Gasteiger partial charge in [0.25, 0.3) is 5.76 Å². The van der Waals surface area contributed by atoms with Crippen molar-refractivity contribution in [2.45, 2.75) is 81.6 Å². The van der Waals surface area contributed by atoms with Crippen molar-refractivity contribution in [2.75, 3.05) is 0 Å². The number of hydrogen-bond donors (Lipinski definition) is 0. The summed E-state index contributed by atoms with van der Waals surface area (Å²) < 4.78 is 25.1. The Bertz CT molecular complexity index is 228. The van der Waals surface area contributed by atoms with E-state index in [1.807, 2.05) is 0 Å². The fraction of sp³-hybridized carbons (Fsp3) is 1.00. The zero-order valence-electron chi connectivity index (χ0n) is 10.8. The van der Waals surface area contributed by atoms with Gasteiger partial charge in [-0.2, -0.15) is 8.78 Å². The summed E-state index contributed by atoms with van der Waals surface area (Å²) in [4.78, 5) is 0. The van der Waals surface area contributed by atoms with Crippen LogP contribution in [0, 0.1) is 5.41 Å². The lowest BCUT2D eigenvalue weighted by atomic mass is 9.58. The predicted molar refractivity (Wildman–Crippen MR) is 70.6 cm³/mol. The minimum Gasteiger partial charge on any atom is -0.198 e. The lowest BCUT2D eigenvalue weighted by Crippen LogP contribution is -2.44. The van der Waals surface area contributed by atoms with E-state index in [0.717, 1.165) is 31.0 Å².